The van der Waals surface area contributed by atoms with Gasteiger partial charge in [0.1, 0.15) is 5.82 Å². The van der Waals surface area contributed by atoms with Crippen LogP contribution in [0.2, 0.25) is 0 Å². The number of aliphatic hydroxyl groups is 1. The minimum Gasteiger partial charge on any atom is -0.503 e. The minimum atomic E-state index is -1.12. The van der Waals surface area contributed by atoms with Crippen LogP contribution in [-0.4, -0.2) is 16.8 Å². The van der Waals surface area contributed by atoms with Gasteiger partial charge in [-0.05, 0) is 42.8 Å². The summed E-state index contributed by atoms with van der Waals surface area (Å²) in [5, 5.41) is 10.6. The van der Waals surface area contributed by atoms with Gasteiger partial charge in [-0.25, -0.2) is 4.39 Å². The molecule has 0 saturated carbocycles. The molecular formula is C22H16FNO4. The van der Waals surface area contributed by atoms with Crippen molar-refractivity contribution in [2.75, 3.05) is 4.90 Å². The number of carbonyl (C=O) groups excluding carboxylic acids is 2. The number of carbonyl (C=O) groups is 2. The molecule has 0 fully saturated rings. The highest BCUT2D eigenvalue weighted by Gasteiger charge is 2.46. The van der Waals surface area contributed by atoms with Gasteiger partial charge in [-0.15, -0.1) is 0 Å². The molecule has 1 atom stereocenters. The third-order valence-corrected chi connectivity index (χ3v) is 4.68. The molecule has 3 aromatic rings. The summed E-state index contributed by atoms with van der Waals surface area (Å²) in [6, 6.07) is 14.7. The number of furan rings is 1. The summed E-state index contributed by atoms with van der Waals surface area (Å²) < 4.78 is 19.8. The van der Waals surface area contributed by atoms with E-state index < -0.39 is 29.3 Å². The van der Waals surface area contributed by atoms with Crippen LogP contribution in [0, 0.1) is 12.7 Å². The predicted molar refractivity (Wildman–Crippen MR) is 100 cm³/mol. The zero-order chi connectivity index (χ0) is 19.8. The standard InChI is InChI=1S/C22H16FNO4/c1-13-6-4-7-14(12-13)24-19(15-8-2-3-9-16(15)23)18(21(26)22(24)27)20(25)17-10-5-11-28-17/h2-12,19,26H,1H3. The molecule has 0 bridgehead atoms. The molecule has 1 aliphatic rings. The fourth-order valence-electron chi connectivity index (χ4n) is 3.41. The fourth-order valence-corrected chi connectivity index (χ4v) is 3.41. The summed E-state index contributed by atoms with van der Waals surface area (Å²) >= 11 is 0. The van der Waals surface area contributed by atoms with Crippen LogP contribution in [0.1, 0.15) is 27.7 Å². The van der Waals surface area contributed by atoms with Gasteiger partial charge in [0.05, 0.1) is 17.9 Å². The number of anilines is 1. The maximum atomic E-state index is 14.7. The van der Waals surface area contributed by atoms with Crippen LogP contribution in [0.3, 0.4) is 0 Å². The number of hydrogen-bond donors (Lipinski definition) is 1. The van der Waals surface area contributed by atoms with Crippen LogP contribution in [-0.2, 0) is 4.79 Å². The van der Waals surface area contributed by atoms with Crippen molar-refractivity contribution in [3.05, 3.63) is 101 Å². The number of benzene rings is 2. The van der Waals surface area contributed by atoms with E-state index in [9.17, 15) is 19.1 Å². The number of aryl methyl sites for hydroxylation is 1. The Morgan fingerprint density at radius 1 is 1.11 bits per heavy atom. The summed E-state index contributed by atoms with van der Waals surface area (Å²) in [6.45, 7) is 1.85. The zero-order valence-electron chi connectivity index (χ0n) is 14.9. The molecule has 140 valence electrons. The number of nitrogens with zero attached hydrogens (tertiary/aromatic N) is 1. The maximum absolute atomic E-state index is 14.7. The van der Waals surface area contributed by atoms with E-state index in [1.165, 1.54) is 41.5 Å². The lowest BCUT2D eigenvalue weighted by molar-refractivity contribution is -0.117. The molecule has 1 aromatic heterocycles. The van der Waals surface area contributed by atoms with Gasteiger partial charge >= 0.3 is 0 Å². The summed E-state index contributed by atoms with van der Waals surface area (Å²) in [7, 11) is 0. The average Bonchev–Trinajstić information content (AvgIpc) is 3.30. The first-order chi connectivity index (χ1) is 13.5. The highest BCUT2D eigenvalue weighted by molar-refractivity contribution is 6.20. The first-order valence-electron chi connectivity index (χ1n) is 8.65. The second-order valence-electron chi connectivity index (χ2n) is 6.51. The number of Topliss-reactive ketones (excluding diaryl/α,β-unsaturated/α-hetero) is 1. The molecule has 1 amide bonds. The Morgan fingerprint density at radius 3 is 2.57 bits per heavy atom. The maximum Gasteiger partial charge on any atom is 0.294 e. The van der Waals surface area contributed by atoms with Gasteiger partial charge in [-0.3, -0.25) is 14.5 Å². The summed E-state index contributed by atoms with van der Waals surface area (Å²) in [6.07, 6.45) is 1.32. The zero-order valence-corrected chi connectivity index (χ0v) is 14.9. The van der Waals surface area contributed by atoms with Gasteiger partial charge in [0.2, 0.25) is 5.78 Å². The Bertz CT molecular complexity index is 1100. The third-order valence-electron chi connectivity index (χ3n) is 4.68. The topological polar surface area (TPSA) is 70.8 Å². The van der Waals surface area contributed by atoms with Crippen LogP contribution in [0.15, 0.2) is 82.7 Å². The lowest BCUT2D eigenvalue weighted by Crippen LogP contribution is -2.31. The summed E-state index contributed by atoms with van der Waals surface area (Å²) in [5.41, 5.74) is 1.22. The molecule has 2 aromatic carbocycles. The first kappa shape index (κ1) is 17.7. The third kappa shape index (κ3) is 2.79. The Hall–Kier alpha value is -3.67. The van der Waals surface area contributed by atoms with E-state index >= 15 is 0 Å². The number of hydrogen-bond acceptors (Lipinski definition) is 4. The summed E-state index contributed by atoms with van der Waals surface area (Å²) in [5.74, 6) is -2.77. The van der Waals surface area contributed by atoms with E-state index in [0.29, 0.717) is 5.69 Å². The quantitative estimate of drug-likeness (QED) is 0.679. The minimum absolute atomic E-state index is 0.0400. The molecule has 28 heavy (non-hydrogen) atoms. The molecule has 0 saturated heterocycles. The SMILES string of the molecule is Cc1cccc(N2C(=O)C(O)=C(C(=O)c3ccco3)C2c2ccccc2F)c1. The van der Waals surface area contributed by atoms with Crippen molar-refractivity contribution in [3.8, 4) is 0 Å². The van der Waals surface area contributed by atoms with Gasteiger partial charge in [0.15, 0.2) is 11.5 Å². The number of ketones is 1. The lowest BCUT2D eigenvalue weighted by Gasteiger charge is -2.27. The smallest absolute Gasteiger partial charge is 0.294 e. The highest BCUT2D eigenvalue weighted by Crippen LogP contribution is 2.42. The van der Waals surface area contributed by atoms with Crippen LogP contribution in [0.4, 0.5) is 10.1 Å². The van der Waals surface area contributed by atoms with E-state index in [-0.39, 0.29) is 16.9 Å². The fraction of sp³-hybridized carbons (Fsp3) is 0.0909. The molecule has 0 radical (unpaired) electrons. The Morgan fingerprint density at radius 2 is 1.89 bits per heavy atom. The first-order valence-corrected chi connectivity index (χ1v) is 8.65. The van der Waals surface area contributed by atoms with Crippen LogP contribution < -0.4 is 4.90 Å². The molecule has 0 spiro atoms. The molecule has 1 unspecified atom stereocenters. The van der Waals surface area contributed by atoms with Crippen LogP contribution in [0.5, 0.6) is 0 Å². The van der Waals surface area contributed by atoms with Crippen LogP contribution in [0.25, 0.3) is 0 Å². The van der Waals surface area contributed by atoms with Gasteiger partial charge in [0, 0.05) is 11.3 Å². The average molecular weight is 377 g/mol. The molecule has 1 aliphatic heterocycles. The highest BCUT2D eigenvalue weighted by atomic mass is 19.1. The number of aliphatic hydroxyl groups excluding tert-OH is 1. The van der Waals surface area contributed by atoms with E-state index in [0.717, 1.165) is 5.56 Å². The molecule has 2 heterocycles. The van der Waals surface area contributed by atoms with Crippen molar-refractivity contribution in [1.82, 2.24) is 0 Å². The second-order valence-corrected chi connectivity index (χ2v) is 6.51. The van der Waals surface area contributed by atoms with Crippen molar-refractivity contribution in [3.63, 3.8) is 0 Å². The monoisotopic (exact) mass is 377 g/mol. The number of amides is 1. The Labute approximate surface area is 160 Å². The summed E-state index contributed by atoms with van der Waals surface area (Å²) in [4.78, 5) is 27.1. The van der Waals surface area contributed by atoms with E-state index in [1.54, 1.807) is 24.3 Å². The number of halogens is 1. The van der Waals surface area contributed by atoms with E-state index in [4.69, 9.17) is 4.42 Å². The van der Waals surface area contributed by atoms with Gasteiger partial charge in [0.25, 0.3) is 5.91 Å². The Balaban J connectivity index is 1.92. The molecule has 6 heteroatoms. The molecule has 4 rings (SSSR count). The number of rotatable bonds is 4. The van der Waals surface area contributed by atoms with Crippen LogP contribution >= 0.6 is 0 Å². The van der Waals surface area contributed by atoms with Crippen molar-refractivity contribution < 1.29 is 23.5 Å². The van der Waals surface area contributed by atoms with Crippen molar-refractivity contribution in [1.29, 1.82) is 0 Å². The van der Waals surface area contributed by atoms with Crippen molar-refractivity contribution in [2.45, 2.75) is 13.0 Å². The van der Waals surface area contributed by atoms with Crippen molar-refractivity contribution in [2.24, 2.45) is 0 Å². The lowest BCUT2D eigenvalue weighted by atomic mass is 9.94. The molecule has 5 nitrogen and oxygen atoms in total. The predicted octanol–water partition coefficient (Wildman–Crippen LogP) is 4.51. The van der Waals surface area contributed by atoms with E-state index in [2.05, 4.69) is 0 Å². The largest absolute Gasteiger partial charge is 0.503 e. The second kappa shape index (κ2) is 6.81. The molecular weight excluding hydrogens is 361 g/mol. The van der Waals surface area contributed by atoms with Gasteiger partial charge < -0.3 is 9.52 Å². The van der Waals surface area contributed by atoms with E-state index in [1.807, 2.05) is 13.0 Å². The van der Waals surface area contributed by atoms with Gasteiger partial charge in [-0.1, -0.05) is 30.3 Å². The molecule has 1 N–H and O–H groups in total. The Kier molecular flexibility index (Phi) is 4.31. The normalized spacial score (nSPS) is 16.7. The van der Waals surface area contributed by atoms with Crippen molar-refractivity contribution >= 4 is 17.4 Å². The molecule has 0 aliphatic carbocycles. The van der Waals surface area contributed by atoms with Gasteiger partial charge in [-0.2, -0.15) is 0 Å².